The summed E-state index contributed by atoms with van der Waals surface area (Å²) in [5, 5.41) is 18.3. The minimum Gasteiger partial charge on any atom is -0.457 e. The molecule has 0 atom stereocenters. The molecule has 7 nitrogen and oxygen atoms in total. The minimum atomic E-state index is -4.78. The lowest BCUT2D eigenvalue weighted by Crippen LogP contribution is -2.44. The van der Waals surface area contributed by atoms with E-state index in [1.807, 2.05) is 0 Å². The molecule has 4 rings (SSSR count). The smallest absolute Gasteiger partial charge is 0.417 e. The molecule has 170 valence electrons. The van der Waals surface area contributed by atoms with Crippen molar-refractivity contribution in [2.75, 3.05) is 16.4 Å². The maximum absolute atomic E-state index is 13.5. The lowest BCUT2D eigenvalue weighted by atomic mass is 10.0. The number of benzene rings is 2. The average molecular weight is 475 g/mol. The number of aliphatic hydroxyl groups excluding tert-OH is 1. The number of nitriles is 1. The molecule has 11 heteroatoms. The summed E-state index contributed by atoms with van der Waals surface area (Å²) < 4.78 is 51.4. The number of carbonyl (C=O) groups excluding carboxylic acids is 1. The van der Waals surface area contributed by atoms with Crippen molar-refractivity contribution in [1.82, 2.24) is 0 Å². The zero-order valence-corrected chi connectivity index (χ0v) is 18.1. The number of hydrogen-bond donors (Lipinski definition) is 1. The van der Waals surface area contributed by atoms with E-state index in [0.29, 0.717) is 11.4 Å². The van der Waals surface area contributed by atoms with Gasteiger partial charge in [-0.1, -0.05) is 0 Å². The highest BCUT2D eigenvalue weighted by atomic mass is 32.1. The predicted octanol–water partition coefficient (Wildman–Crippen LogP) is 4.10. The molecule has 0 bridgehead atoms. The Balaban J connectivity index is 1.76. The number of carbonyl (C=O) groups is 1. The second kappa shape index (κ2) is 7.75. The first-order valence-corrected chi connectivity index (χ1v) is 9.98. The largest absolute Gasteiger partial charge is 0.457 e. The second-order valence-corrected chi connectivity index (χ2v) is 8.12. The molecule has 0 aromatic heterocycles. The molecule has 2 aliphatic rings. The number of halogens is 3. The molecule has 0 spiro atoms. The van der Waals surface area contributed by atoms with Crippen LogP contribution in [0.1, 0.15) is 25.0 Å². The molecule has 2 heterocycles. The minimum absolute atomic E-state index is 0.0440. The van der Waals surface area contributed by atoms with Crippen LogP contribution in [0.25, 0.3) is 0 Å². The Hall–Kier alpha value is -3.62. The quantitative estimate of drug-likeness (QED) is 0.669. The van der Waals surface area contributed by atoms with Crippen LogP contribution in [-0.4, -0.2) is 28.3 Å². The highest BCUT2D eigenvalue weighted by molar-refractivity contribution is 7.81. The van der Waals surface area contributed by atoms with E-state index in [1.54, 1.807) is 32.0 Å². The topological polar surface area (TPSA) is 86.0 Å². The molecule has 0 unspecified atom stereocenters. The van der Waals surface area contributed by atoms with Crippen LogP contribution < -0.4 is 19.3 Å². The molecule has 2 aromatic rings. The molecule has 2 aromatic carbocycles. The monoisotopic (exact) mass is 475 g/mol. The average Bonchev–Trinajstić information content (AvgIpc) is 2.95. The van der Waals surface area contributed by atoms with Crippen LogP contribution in [0, 0.1) is 11.3 Å². The summed E-state index contributed by atoms with van der Waals surface area (Å²) in [6.45, 7) is 2.79. The Morgan fingerprint density at radius 3 is 2.48 bits per heavy atom. The van der Waals surface area contributed by atoms with Crippen LogP contribution in [0.3, 0.4) is 0 Å². The number of ether oxygens (including phenoxy) is 2. The van der Waals surface area contributed by atoms with E-state index in [9.17, 15) is 23.1 Å². The molecule has 0 radical (unpaired) electrons. The van der Waals surface area contributed by atoms with Gasteiger partial charge < -0.3 is 19.5 Å². The summed E-state index contributed by atoms with van der Waals surface area (Å²) in [5.41, 5.74) is -2.62. The Morgan fingerprint density at radius 2 is 1.85 bits per heavy atom. The molecule has 33 heavy (non-hydrogen) atoms. The summed E-state index contributed by atoms with van der Waals surface area (Å²) in [6, 6.07) is 9.29. The van der Waals surface area contributed by atoms with Gasteiger partial charge in [-0.15, -0.1) is 0 Å². The zero-order chi connectivity index (χ0) is 24.1. The lowest BCUT2D eigenvalue weighted by Gasteiger charge is -2.30. The number of aliphatic hydroxyl groups is 1. The first-order chi connectivity index (χ1) is 15.5. The van der Waals surface area contributed by atoms with Crippen molar-refractivity contribution in [3.05, 3.63) is 59.5 Å². The Morgan fingerprint density at radius 1 is 1.15 bits per heavy atom. The number of alkyl halides is 3. The van der Waals surface area contributed by atoms with Gasteiger partial charge in [0.1, 0.15) is 18.4 Å². The second-order valence-electron chi connectivity index (χ2n) is 7.75. The third-order valence-corrected chi connectivity index (χ3v) is 5.62. The van der Waals surface area contributed by atoms with E-state index in [0.717, 1.165) is 17.0 Å². The van der Waals surface area contributed by atoms with E-state index in [1.165, 1.54) is 23.3 Å². The number of anilines is 2. The van der Waals surface area contributed by atoms with Gasteiger partial charge in [-0.3, -0.25) is 9.69 Å². The fourth-order valence-electron chi connectivity index (χ4n) is 3.64. The Bertz CT molecular complexity index is 1250. The van der Waals surface area contributed by atoms with Gasteiger partial charge in [-0.05, 0) is 56.4 Å². The highest BCUT2D eigenvalue weighted by Gasteiger charge is 2.51. The maximum atomic E-state index is 13.5. The van der Waals surface area contributed by atoms with E-state index >= 15 is 0 Å². The number of amides is 1. The van der Waals surface area contributed by atoms with Gasteiger partial charge in [0, 0.05) is 11.8 Å². The zero-order valence-electron chi connectivity index (χ0n) is 17.3. The van der Waals surface area contributed by atoms with Crippen LogP contribution >= 0.6 is 12.2 Å². The molecule has 1 amide bonds. The van der Waals surface area contributed by atoms with Gasteiger partial charge in [-0.2, -0.15) is 18.4 Å². The molecule has 1 fully saturated rings. The number of nitrogens with zero attached hydrogens (tertiary/aromatic N) is 3. The third kappa shape index (κ3) is 3.67. The first kappa shape index (κ1) is 22.6. The van der Waals surface area contributed by atoms with Gasteiger partial charge in [0.15, 0.2) is 22.4 Å². The molecular weight excluding hydrogens is 459 g/mol. The van der Waals surface area contributed by atoms with Crippen molar-refractivity contribution in [3.8, 4) is 17.6 Å². The van der Waals surface area contributed by atoms with Crippen LogP contribution in [-0.2, 0) is 11.0 Å². The fourth-order valence-corrected chi connectivity index (χ4v) is 4.16. The third-order valence-electron chi connectivity index (χ3n) is 5.25. The van der Waals surface area contributed by atoms with Crippen molar-refractivity contribution in [1.29, 1.82) is 5.26 Å². The molecule has 1 N–H and O–H groups in total. The predicted molar refractivity (Wildman–Crippen MR) is 116 cm³/mol. The van der Waals surface area contributed by atoms with E-state index in [-0.39, 0.29) is 28.9 Å². The van der Waals surface area contributed by atoms with Gasteiger partial charge in [0.25, 0.3) is 5.91 Å². The van der Waals surface area contributed by atoms with E-state index < -0.39 is 28.7 Å². The molecule has 2 aliphatic heterocycles. The van der Waals surface area contributed by atoms with E-state index in [2.05, 4.69) is 0 Å². The van der Waals surface area contributed by atoms with Crippen LogP contribution in [0.4, 0.5) is 24.5 Å². The SMILES string of the molecule is CC1(C)C(=O)N(c2ccc(C#N)c(C(F)(F)F)c2)C(=S)N1c1ccc2c(c1)OC(CO)=CO2. The molecule has 0 aliphatic carbocycles. The normalized spacial score (nSPS) is 17.2. The lowest BCUT2D eigenvalue weighted by molar-refractivity contribution is -0.137. The molecular formula is C22H16F3N3O4S. The summed E-state index contributed by atoms with van der Waals surface area (Å²) in [6.07, 6.45) is -3.52. The van der Waals surface area contributed by atoms with Gasteiger partial charge >= 0.3 is 6.18 Å². The number of thiocarbonyl (C=S) groups is 1. The fraction of sp³-hybridized carbons (Fsp3) is 0.227. The van der Waals surface area contributed by atoms with Crippen LogP contribution in [0.5, 0.6) is 11.5 Å². The summed E-state index contributed by atoms with van der Waals surface area (Å²) in [4.78, 5) is 15.8. The standard InChI is InChI=1S/C22H16F3N3O4S/c1-21(2)19(30)27(13-4-3-12(9-26)16(7-13)22(23,24)25)20(33)28(21)14-5-6-17-18(8-14)32-15(10-29)11-31-17/h3-8,11,29H,10H2,1-2H3. The first-order valence-electron chi connectivity index (χ1n) is 9.57. The molecule has 1 saturated heterocycles. The van der Waals surface area contributed by atoms with Gasteiger partial charge in [0.05, 0.1) is 22.9 Å². The van der Waals surface area contributed by atoms with Gasteiger partial charge in [-0.25, -0.2) is 0 Å². The van der Waals surface area contributed by atoms with Crippen molar-refractivity contribution in [3.63, 3.8) is 0 Å². The summed E-state index contributed by atoms with van der Waals surface area (Å²) >= 11 is 5.51. The van der Waals surface area contributed by atoms with Crippen LogP contribution in [0.15, 0.2) is 48.4 Å². The molecule has 0 saturated carbocycles. The summed E-state index contributed by atoms with van der Waals surface area (Å²) in [7, 11) is 0. The maximum Gasteiger partial charge on any atom is 0.417 e. The summed E-state index contributed by atoms with van der Waals surface area (Å²) in [5.74, 6) is 0.291. The van der Waals surface area contributed by atoms with Gasteiger partial charge in [0.2, 0.25) is 0 Å². The van der Waals surface area contributed by atoms with Crippen LogP contribution in [0.2, 0.25) is 0 Å². The van der Waals surface area contributed by atoms with E-state index in [4.69, 9.17) is 27.0 Å². The number of fused-ring (bicyclic) bond motifs is 1. The number of rotatable bonds is 3. The highest BCUT2D eigenvalue weighted by Crippen LogP contribution is 2.42. The number of hydrogen-bond acceptors (Lipinski definition) is 6. The van der Waals surface area contributed by atoms with Crippen molar-refractivity contribution < 1.29 is 32.5 Å². The van der Waals surface area contributed by atoms with Crippen molar-refractivity contribution >= 4 is 34.6 Å². The Kier molecular flexibility index (Phi) is 5.30. The van der Waals surface area contributed by atoms with Crippen molar-refractivity contribution in [2.24, 2.45) is 0 Å². The Labute approximate surface area is 191 Å². The van der Waals surface area contributed by atoms with Crippen molar-refractivity contribution in [2.45, 2.75) is 25.6 Å².